The number of piperidine rings is 1. The van der Waals surface area contributed by atoms with Crippen LogP contribution in [0.4, 0.5) is 11.4 Å². The van der Waals surface area contributed by atoms with Crippen LogP contribution in [0, 0.1) is 0 Å². The Bertz CT molecular complexity index is 641. The van der Waals surface area contributed by atoms with Crippen molar-refractivity contribution in [1.82, 2.24) is 10.2 Å². The van der Waals surface area contributed by atoms with Gasteiger partial charge in [-0.3, -0.25) is 9.69 Å². The molecule has 3 aliphatic heterocycles. The highest BCUT2D eigenvalue weighted by Gasteiger charge is 2.26. The van der Waals surface area contributed by atoms with Crippen molar-refractivity contribution in [3.8, 4) is 0 Å². The molecule has 5 heteroatoms. The molecule has 3 heterocycles. The highest BCUT2D eigenvalue weighted by molar-refractivity contribution is 5.95. The maximum absolute atomic E-state index is 12.0. The van der Waals surface area contributed by atoms with E-state index in [4.69, 9.17) is 0 Å². The number of hydrogen-bond donors (Lipinski definition) is 1. The van der Waals surface area contributed by atoms with Gasteiger partial charge in [-0.25, -0.2) is 0 Å². The number of nitrogens with zero attached hydrogens (tertiary/aromatic N) is 3. The molecule has 3 aliphatic rings. The molecule has 0 saturated carbocycles. The molecule has 27 heavy (non-hydrogen) atoms. The molecule has 1 atom stereocenters. The Balaban J connectivity index is 1.28. The van der Waals surface area contributed by atoms with Gasteiger partial charge in [0.15, 0.2) is 0 Å². The van der Waals surface area contributed by atoms with E-state index in [2.05, 4.69) is 46.3 Å². The van der Waals surface area contributed by atoms with E-state index in [1.165, 1.54) is 44.5 Å². The zero-order valence-corrected chi connectivity index (χ0v) is 16.7. The summed E-state index contributed by atoms with van der Waals surface area (Å²) < 4.78 is 0. The molecule has 148 valence electrons. The largest absolute Gasteiger partial charge is 0.371 e. The minimum absolute atomic E-state index is 0.267. The standard InChI is InChI=1S/C22H34N4O/c1-2-24-12-4-8-21(24)17-23-18-10-14-25(15-11-18)19-6-3-7-20(16-19)26-13-5-9-22(26)27/h3,6-7,16,18,21,23H,2,4-5,8-15,17H2,1H3. The average molecular weight is 371 g/mol. The zero-order chi connectivity index (χ0) is 18.6. The number of carbonyl (C=O) groups is 1. The van der Waals surface area contributed by atoms with Gasteiger partial charge < -0.3 is 15.1 Å². The second-order valence-electron chi connectivity index (χ2n) is 8.26. The lowest BCUT2D eigenvalue weighted by atomic mass is 10.0. The van der Waals surface area contributed by atoms with Crippen LogP contribution < -0.4 is 15.1 Å². The van der Waals surface area contributed by atoms with E-state index in [0.717, 1.165) is 44.3 Å². The van der Waals surface area contributed by atoms with E-state index in [1.54, 1.807) is 0 Å². The first-order valence-electron chi connectivity index (χ1n) is 10.9. The Morgan fingerprint density at radius 2 is 1.85 bits per heavy atom. The minimum Gasteiger partial charge on any atom is -0.371 e. The Morgan fingerprint density at radius 3 is 2.59 bits per heavy atom. The second-order valence-corrected chi connectivity index (χ2v) is 8.26. The normalized spacial score (nSPS) is 24.9. The maximum Gasteiger partial charge on any atom is 0.227 e. The smallest absolute Gasteiger partial charge is 0.227 e. The third kappa shape index (κ3) is 4.30. The van der Waals surface area contributed by atoms with Crippen LogP contribution in [0.2, 0.25) is 0 Å². The van der Waals surface area contributed by atoms with Gasteiger partial charge in [-0.15, -0.1) is 0 Å². The van der Waals surface area contributed by atoms with Crippen molar-refractivity contribution < 1.29 is 4.79 Å². The monoisotopic (exact) mass is 370 g/mol. The summed E-state index contributed by atoms with van der Waals surface area (Å²) in [6, 6.07) is 9.94. The lowest BCUT2D eigenvalue weighted by Crippen LogP contribution is -2.46. The highest BCUT2D eigenvalue weighted by Crippen LogP contribution is 2.28. The Hall–Kier alpha value is -1.59. The van der Waals surface area contributed by atoms with Crippen LogP contribution in [0.15, 0.2) is 24.3 Å². The van der Waals surface area contributed by atoms with Gasteiger partial charge in [0.1, 0.15) is 0 Å². The van der Waals surface area contributed by atoms with Crippen molar-refractivity contribution in [3.05, 3.63) is 24.3 Å². The van der Waals surface area contributed by atoms with E-state index in [-0.39, 0.29) is 5.91 Å². The van der Waals surface area contributed by atoms with Crippen molar-refractivity contribution in [2.75, 3.05) is 49.1 Å². The van der Waals surface area contributed by atoms with Crippen LogP contribution in [0.25, 0.3) is 0 Å². The van der Waals surface area contributed by atoms with Gasteiger partial charge in [-0.05, 0) is 63.4 Å². The number of benzene rings is 1. The molecule has 1 amide bonds. The summed E-state index contributed by atoms with van der Waals surface area (Å²) in [7, 11) is 0. The van der Waals surface area contributed by atoms with Gasteiger partial charge in [-0.2, -0.15) is 0 Å². The summed E-state index contributed by atoms with van der Waals surface area (Å²) in [4.78, 5) is 19.1. The number of likely N-dealkylation sites (tertiary alicyclic amines) is 1. The molecular formula is C22H34N4O. The molecule has 3 saturated heterocycles. The molecule has 0 spiro atoms. The molecular weight excluding hydrogens is 336 g/mol. The van der Waals surface area contributed by atoms with Gasteiger partial charge in [-0.1, -0.05) is 13.0 Å². The molecule has 1 unspecified atom stereocenters. The fourth-order valence-electron chi connectivity index (χ4n) is 4.97. The lowest BCUT2D eigenvalue weighted by Gasteiger charge is -2.35. The number of amides is 1. The molecule has 1 aromatic rings. The predicted octanol–water partition coefficient (Wildman–Crippen LogP) is 2.86. The summed E-state index contributed by atoms with van der Waals surface area (Å²) in [6.07, 6.45) is 6.78. The number of nitrogens with one attached hydrogen (secondary N) is 1. The van der Waals surface area contributed by atoms with Gasteiger partial charge in [0.05, 0.1) is 0 Å². The second kappa shape index (κ2) is 8.61. The number of rotatable bonds is 6. The van der Waals surface area contributed by atoms with Gasteiger partial charge in [0, 0.05) is 56.1 Å². The topological polar surface area (TPSA) is 38.8 Å². The highest BCUT2D eigenvalue weighted by atomic mass is 16.2. The third-order valence-corrected chi connectivity index (χ3v) is 6.62. The van der Waals surface area contributed by atoms with Gasteiger partial charge >= 0.3 is 0 Å². The van der Waals surface area contributed by atoms with Gasteiger partial charge in [0.2, 0.25) is 5.91 Å². The Kier molecular flexibility index (Phi) is 5.98. The number of carbonyl (C=O) groups excluding carboxylic acids is 1. The summed E-state index contributed by atoms with van der Waals surface area (Å²) in [5.74, 6) is 0.267. The van der Waals surface area contributed by atoms with Crippen LogP contribution in [0.3, 0.4) is 0 Å². The number of likely N-dealkylation sites (N-methyl/N-ethyl adjacent to an activating group) is 1. The zero-order valence-electron chi connectivity index (χ0n) is 16.7. The summed E-state index contributed by atoms with van der Waals surface area (Å²) in [6.45, 7) is 8.93. The minimum atomic E-state index is 0.267. The molecule has 0 bridgehead atoms. The van der Waals surface area contributed by atoms with E-state index < -0.39 is 0 Å². The molecule has 1 N–H and O–H groups in total. The summed E-state index contributed by atoms with van der Waals surface area (Å²) in [5.41, 5.74) is 2.33. The van der Waals surface area contributed by atoms with E-state index >= 15 is 0 Å². The van der Waals surface area contributed by atoms with Crippen molar-refractivity contribution >= 4 is 17.3 Å². The first kappa shape index (κ1) is 18.8. The Morgan fingerprint density at radius 1 is 1.04 bits per heavy atom. The number of hydrogen-bond acceptors (Lipinski definition) is 4. The molecule has 0 aromatic heterocycles. The third-order valence-electron chi connectivity index (χ3n) is 6.62. The molecule has 4 rings (SSSR count). The first-order chi connectivity index (χ1) is 13.2. The quantitative estimate of drug-likeness (QED) is 0.836. The van der Waals surface area contributed by atoms with Crippen LogP contribution in [0.5, 0.6) is 0 Å². The maximum atomic E-state index is 12.0. The van der Waals surface area contributed by atoms with Crippen molar-refractivity contribution in [1.29, 1.82) is 0 Å². The Labute approximate surface area is 163 Å². The SMILES string of the molecule is CCN1CCCC1CNC1CCN(c2cccc(N3CCCC3=O)c2)CC1. The molecule has 1 aromatic carbocycles. The molecule has 0 aliphatic carbocycles. The van der Waals surface area contributed by atoms with Crippen LogP contribution in [0.1, 0.15) is 45.4 Å². The van der Waals surface area contributed by atoms with Crippen LogP contribution in [-0.2, 0) is 4.79 Å². The summed E-state index contributed by atoms with van der Waals surface area (Å²) in [5, 5.41) is 3.84. The molecule has 0 radical (unpaired) electrons. The van der Waals surface area contributed by atoms with Crippen molar-refractivity contribution in [2.45, 2.75) is 57.5 Å². The fourth-order valence-corrected chi connectivity index (χ4v) is 4.97. The molecule has 5 nitrogen and oxygen atoms in total. The van der Waals surface area contributed by atoms with Gasteiger partial charge in [0.25, 0.3) is 0 Å². The van der Waals surface area contributed by atoms with E-state index in [1.807, 2.05) is 4.90 Å². The average Bonchev–Trinajstić information content (AvgIpc) is 3.35. The van der Waals surface area contributed by atoms with Crippen LogP contribution >= 0.6 is 0 Å². The van der Waals surface area contributed by atoms with Crippen molar-refractivity contribution in [2.24, 2.45) is 0 Å². The van der Waals surface area contributed by atoms with Crippen LogP contribution in [-0.4, -0.2) is 62.2 Å². The molecule has 3 fully saturated rings. The summed E-state index contributed by atoms with van der Waals surface area (Å²) >= 11 is 0. The fraction of sp³-hybridized carbons (Fsp3) is 0.682. The lowest BCUT2D eigenvalue weighted by molar-refractivity contribution is -0.117. The van der Waals surface area contributed by atoms with E-state index in [0.29, 0.717) is 12.5 Å². The first-order valence-corrected chi connectivity index (χ1v) is 10.9. The number of anilines is 2. The van der Waals surface area contributed by atoms with E-state index in [9.17, 15) is 4.79 Å². The van der Waals surface area contributed by atoms with Crippen molar-refractivity contribution in [3.63, 3.8) is 0 Å². The predicted molar refractivity (Wildman–Crippen MR) is 112 cm³/mol.